The maximum atomic E-state index is 5.89. The van der Waals surface area contributed by atoms with Crippen molar-refractivity contribution in [3.63, 3.8) is 0 Å². The maximum absolute atomic E-state index is 5.89. The average Bonchev–Trinajstić information content (AvgIpc) is 2.38. The second-order valence-corrected chi connectivity index (χ2v) is 5.11. The molecule has 0 radical (unpaired) electrons. The Morgan fingerprint density at radius 2 is 1.89 bits per heavy atom. The topological polar surface area (TPSA) is 12.0 Å². The zero-order valence-corrected chi connectivity index (χ0v) is 12.1. The Balaban J connectivity index is 1.91. The molecule has 0 aromatic heterocycles. The largest absolute Gasteiger partial charge is 0.381 e. The second-order valence-electron chi connectivity index (χ2n) is 3.82. The van der Waals surface area contributed by atoms with Gasteiger partial charge in [0.2, 0.25) is 0 Å². The van der Waals surface area contributed by atoms with E-state index in [0.29, 0.717) is 0 Å². The van der Waals surface area contributed by atoms with Gasteiger partial charge in [0.15, 0.2) is 0 Å². The summed E-state index contributed by atoms with van der Waals surface area (Å²) >= 11 is 9.36. The third-order valence-corrected chi connectivity index (χ3v) is 3.34. The highest BCUT2D eigenvalue weighted by Crippen LogP contribution is 2.25. The van der Waals surface area contributed by atoms with Crippen LogP contribution >= 0.6 is 27.5 Å². The Hall–Kier alpha value is -1.25. The number of hydrogen-bond donors (Lipinski definition) is 1. The first-order valence-corrected chi connectivity index (χ1v) is 6.83. The van der Waals surface area contributed by atoms with Crippen molar-refractivity contribution in [2.45, 2.75) is 0 Å². The van der Waals surface area contributed by atoms with Gasteiger partial charge in [0.05, 0.1) is 0 Å². The number of nitrogens with one attached hydrogen (secondary N) is 1. The van der Waals surface area contributed by atoms with Crippen molar-refractivity contribution in [1.82, 2.24) is 0 Å². The molecule has 92 valence electrons. The van der Waals surface area contributed by atoms with Gasteiger partial charge in [0.25, 0.3) is 0 Å². The first-order chi connectivity index (χ1) is 8.75. The molecule has 0 amide bonds. The van der Waals surface area contributed by atoms with Crippen LogP contribution in [0.25, 0.3) is 6.08 Å². The van der Waals surface area contributed by atoms with Crippen LogP contribution in [0, 0.1) is 0 Å². The van der Waals surface area contributed by atoms with Crippen LogP contribution in [0.5, 0.6) is 0 Å². The summed E-state index contributed by atoms with van der Waals surface area (Å²) in [7, 11) is 0. The molecule has 2 aromatic rings. The number of anilines is 1. The van der Waals surface area contributed by atoms with E-state index >= 15 is 0 Å². The van der Waals surface area contributed by atoms with Crippen molar-refractivity contribution in [2.24, 2.45) is 0 Å². The van der Waals surface area contributed by atoms with Gasteiger partial charge in [0, 0.05) is 21.7 Å². The Kier molecular flexibility index (Phi) is 4.85. The highest BCUT2D eigenvalue weighted by Gasteiger charge is 1.98. The van der Waals surface area contributed by atoms with Crippen LogP contribution in [0.2, 0.25) is 5.02 Å². The lowest BCUT2D eigenvalue weighted by Crippen LogP contribution is -1.98. The van der Waals surface area contributed by atoms with E-state index in [2.05, 4.69) is 45.5 Å². The highest BCUT2D eigenvalue weighted by molar-refractivity contribution is 9.10. The third-order valence-electron chi connectivity index (χ3n) is 2.45. The van der Waals surface area contributed by atoms with Gasteiger partial charge >= 0.3 is 0 Å². The summed E-state index contributed by atoms with van der Waals surface area (Å²) in [6, 6.07) is 15.9. The van der Waals surface area contributed by atoms with Gasteiger partial charge in [-0.1, -0.05) is 54.1 Å². The monoisotopic (exact) mass is 321 g/mol. The molecule has 0 atom stereocenters. The highest BCUT2D eigenvalue weighted by atomic mass is 79.9. The van der Waals surface area contributed by atoms with Crippen LogP contribution in [-0.4, -0.2) is 6.54 Å². The van der Waals surface area contributed by atoms with Crippen molar-refractivity contribution in [3.05, 3.63) is 69.7 Å². The third kappa shape index (κ3) is 3.90. The van der Waals surface area contributed by atoms with Gasteiger partial charge in [-0.2, -0.15) is 0 Å². The summed E-state index contributed by atoms with van der Waals surface area (Å²) in [4.78, 5) is 0. The smallest absolute Gasteiger partial charge is 0.0488 e. The van der Waals surface area contributed by atoms with E-state index in [1.165, 1.54) is 5.56 Å². The van der Waals surface area contributed by atoms with E-state index in [-0.39, 0.29) is 0 Å². The molecule has 1 N–H and O–H groups in total. The van der Waals surface area contributed by atoms with Gasteiger partial charge in [-0.15, -0.1) is 0 Å². The van der Waals surface area contributed by atoms with E-state index in [1.807, 2.05) is 36.4 Å². The molecule has 3 heteroatoms. The summed E-state index contributed by atoms with van der Waals surface area (Å²) in [6.07, 6.45) is 4.19. The predicted octanol–water partition coefficient (Wildman–Crippen LogP) is 5.23. The van der Waals surface area contributed by atoms with Gasteiger partial charge in [-0.05, 0) is 39.7 Å². The van der Waals surface area contributed by atoms with Crippen LogP contribution in [0.15, 0.2) is 59.1 Å². The lowest BCUT2D eigenvalue weighted by Gasteiger charge is -2.06. The molecule has 0 saturated heterocycles. The van der Waals surface area contributed by atoms with Crippen LogP contribution in [0.3, 0.4) is 0 Å². The number of benzene rings is 2. The minimum absolute atomic E-state index is 0.729. The Bertz CT molecular complexity index is 537. The van der Waals surface area contributed by atoms with Crippen LogP contribution in [0.1, 0.15) is 5.56 Å². The fourth-order valence-electron chi connectivity index (χ4n) is 1.56. The second kappa shape index (κ2) is 6.62. The van der Waals surface area contributed by atoms with Gasteiger partial charge < -0.3 is 5.32 Å². The van der Waals surface area contributed by atoms with Crippen molar-refractivity contribution < 1.29 is 0 Å². The van der Waals surface area contributed by atoms with Crippen molar-refractivity contribution >= 4 is 39.3 Å². The van der Waals surface area contributed by atoms with E-state index in [0.717, 1.165) is 21.7 Å². The van der Waals surface area contributed by atoms with Gasteiger partial charge in [0.1, 0.15) is 0 Å². The number of halogens is 2. The standard InChI is InChI=1S/C15H13BrClN/c16-14-11-13(17)8-9-15(14)18-10-4-7-12-5-2-1-3-6-12/h1-9,11,18H,10H2/b7-4+. The normalized spacial score (nSPS) is 10.8. The zero-order valence-electron chi connectivity index (χ0n) is 9.74. The number of rotatable bonds is 4. The molecule has 0 aliphatic rings. The van der Waals surface area contributed by atoms with Crippen molar-refractivity contribution in [3.8, 4) is 0 Å². The minimum Gasteiger partial charge on any atom is -0.381 e. The maximum Gasteiger partial charge on any atom is 0.0488 e. The minimum atomic E-state index is 0.729. The molecule has 0 saturated carbocycles. The summed E-state index contributed by atoms with van der Waals surface area (Å²) in [5.74, 6) is 0. The van der Waals surface area contributed by atoms with E-state index in [1.54, 1.807) is 0 Å². The summed E-state index contributed by atoms with van der Waals surface area (Å²) in [6.45, 7) is 0.773. The van der Waals surface area contributed by atoms with Crippen molar-refractivity contribution in [2.75, 3.05) is 11.9 Å². The average molecular weight is 323 g/mol. The molecular weight excluding hydrogens is 310 g/mol. The molecule has 0 aliphatic carbocycles. The van der Waals surface area contributed by atoms with Gasteiger partial charge in [-0.25, -0.2) is 0 Å². The zero-order chi connectivity index (χ0) is 12.8. The SMILES string of the molecule is Clc1ccc(NC/C=C/c2ccccc2)c(Br)c1. The summed E-state index contributed by atoms with van der Waals surface area (Å²) in [5, 5.41) is 4.05. The molecule has 18 heavy (non-hydrogen) atoms. The Labute approximate surface area is 121 Å². The molecule has 0 bridgehead atoms. The first-order valence-electron chi connectivity index (χ1n) is 5.66. The molecule has 2 rings (SSSR count). The fourth-order valence-corrected chi connectivity index (χ4v) is 2.38. The molecule has 0 spiro atoms. The van der Waals surface area contributed by atoms with Crippen LogP contribution < -0.4 is 5.32 Å². The summed E-state index contributed by atoms with van der Waals surface area (Å²) in [5.41, 5.74) is 2.24. The molecular formula is C15H13BrClN. The lowest BCUT2D eigenvalue weighted by atomic mass is 10.2. The number of hydrogen-bond acceptors (Lipinski definition) is 1. The quantitative estimate of drug-likeness (QED) is 0.813. The predicted molar refractivity (Wildman–Crippen MR) is 83.1 cm³/mol. The lowest BCUT2D eigenvalue weighted by molar-refractivity contribution is 1.33. The Morgan fingerprint density at radius 1 is 1.11 bits per heavy atom. The molecule has 2 aromatic carbocycles. The molecule has 0 fully saturated rings. The van der Waals surface area contributed by atoms with Crippen LogP contribution in [0.4, 0.5) is 5.69 Å². The van der Waals surface area contributed by atoms with Crippen LogP contribution in [-0.2, 0) is 0 Å². The van der Waals surface area contributed by atoms with E-state index < -0.39 is 0 Å². The van der Waals surface area contributed by atoms with E-state index in [9.17, 15) is 0 Å². The molecule has 0 heterocycles. The molecule has 1 nitrogen and oxygen atoms in total. The van der Waals surface area contributed by atoms with E-state index in [4.69, 9.17) is 11.6 Å². The first kappa shape index (κ1) is 13.2. The fraction of sp³-hybridized carbons (Fsp3) is 0.0667. The molecule has 0 aliphatic heterocycles. The summed E-state index contributed by atoms with van der Waals surface area (Å²) < 4.78 is 0.975. The molecule has 0 unspecified atom stereocenters. The van der Waals surface area contributed by atoms with Gasteiger partial charge in [-0.3, -0.25) is 0 Å². The van der Waals surface area contributed by atoms with Crippen molar-refractivity contribution in [1.29, 1.82) is 0 Å². The Morgan fingerprint density at radius 3 is 2.61 bits per heavy atom.